The number of esters is 2. The lowest BCUT2D eigenvalue weighted by Gasteiger charge is -2.09. The van der Waals surface area contributed by atoms with Gasteiger partial charge in [0.2, 0.25) is 0 Å². The molecule has 1 heterocycles. The predicted molar refractivity (Wildman–Crippen MR) is 72.1 cm³/mol. The first-order chi connectivity index (χ1) is 9.08. The predicted octanol–water partition coefficient (Wildman–Crippen LogP) is 2.64. The number of rotatable bonds is 7. The molecule has 5 nitrogen and oxygen atoms in total. The number of hydrogen-bond donors (Lipinski definition) is 0. The molecular formula is C13H18O5S. The summed E-state index contributed by atoms with van der Waals surface area (Å²) < 4.78 is 14.8. The van der Waals surface area contributed by atoms with Crippen molar-refractivity contribution in [1.82, 2.24) is 0 Å². The molecule has 0 spiro atoms. The monoisotopic (exact) mass is 286 g/mol. The molecule has 0 fully saturated rings. The summed E-state index contributed by atoms with van der Waals surface area (Å²) in [6, 6.07) is 1.60. The van der Waals surface area contributed by atoms with Gasteiger partial charge in [-0.3, -0.25) is 4.79 Å². The first kappa shape index (κ1) is 15.6. The number of thioether (sulfide) groups is 1. The number of carbonyl (C=O) groups excluding carboxylic acids is 2. The van der Waals surface area contributed by atoms with E-state index in [9.17, 15) is 9.59 Å². The van der Waals surface area contributed by atoms with Crippen molar-refractivity contribution in [3.8, 4) is 0 Å². The van der Waals surface area contributed by atoms with Gasteiger partial charge in [-0.05, 0) is 13.0 Å². The highest BCUT2D eigenvalue weighted by Crippen LogP contribution is 2.23. The zero-order valence-electron chi connectivity index (χ0n) is 11.3. The Bertz CT molecular complexity index is 426. The van der Waals surface area contributed by atoms with Crippen LogP contribution in [0.1, 0.15) is 36.4 Å². The molecule has 0 amide bonds. The second kappa shape index (κ2) is 7.89. The van der Waals surface area contributed by atoms with Gasteiger partial charge in [0, 0.05) is 5.25 Å². The fourth-order valence-electron chi connectivity index (χ4n) is 1.44. The molecule has 0 bridgehead atoms. The standard InChI is InChI=1S/C13H18O5S/c1-4-17-13(15)10-5-6-18-11(10)8-19-9(2)7-12(14)16-3/h5-6,9H,4,7-8H2,1-3H3. The SMILES string of the molecule is CCOC(=O)c1ccoc1CSC(C)CC(=O)OC. The van der Waals surface area contributed by atoms with Gasteiger partial charge < -0.3 is 13.9 Å². The maximum atomic E-state index is 11.6. The van der Waals surface area contributed by atoms with E-state index in [0.717, 1.165) is 0 Å². The van der Waals surface area contributed by atoms with Crippen molar-refractivity contribution >= 4 is 23.7 Å². The van der Waals surface area contributed by atoms with E-state index in [4.69, 9.17) is 9.15 Å². The van der Waals surface area contributed by atoms with Gasteiger partial charge in [-0.2, -0.15) is 11.8 Å². The van der Waals surface area contributed by atoms with E-state index in [-0.39, 0.29) is 17.2 Å². The minimum Gasteiger partial charge on any atom is -0.469 e. The van der Waals surface area contributed by atoms with E-state index in [1.54, 1.807) is 13.0 Å². The van der Waals surface area contributed by atoms with Crippen LogP contribution in [-0.4, -0.2) is 30.9 Å². The molecule has 106 valence electrons. The minimum absolute atomic E-state index is 0.0904. The molecule has 0 saturated carbocycles. The maximum Gasteiger partial charge on any atom is 0.341 e. The molecule has 1 aromatic heterocycles. The summed E-state index contributed by atoms with van der Waals surface area (Å²) in [7, 11) is 1.37. The summed E-state index contributed by atoms with van der Waals surface area (Å²) in [5, 5.41) is 0.0904. The number of ether oxygens (including phenoxy) is 2. The number of hydrogen-bond acceptors (Lipinski definition) is 6. The Balaban J connectivity index is 2.52. The molecule has 0 saturated heterocycles. The fraction of sp³-hybridized carbons (Fsp3) is 0.538. The molecule has 6 heteroatoms. The van der Waals surface area contributed by atoms with Gasteiger partial charge in [0.05, 0.1) is 32.2 Å². The molecule has 0 aromatic carbocycles. The van der Waals surface area contributed by atoms with Crippen LogP contribution < -0.4 is 0 Å². The highest BCUT2D eigenvalue weighted by molar-refractivity contribution is 7.99. The summed E-state index contributed by atoms with van der Waals surface area (Å²) in [6.07, 6.45) is 1.80. The number of carbonyl (C=O) groups is 2. The zero-order valence-corrected chi connectivity index (χ0v) is 12.1. The van der Waals surface area contributed by atoms with E-state index >= 15 is 0 Å². The molecule has 0 aliphatic heterocycles. The quantitative estimate of drug-likeness (QED) is 0.718. The number of furan rings is 1. The summed E-state index contributed by atoms with van der Waals surface area (Å²) in [6.45, 7) is 4.01. The van der Waals surface area contributed by atoms with E-state index in [2.05, 4.69) is 4.74 Å². The van der Waals surface area contributed by atoms with Crippen LogP contribution in [0.3, 0.4) is 0 Å². The van der Waals surface area contributed by atoms with Crippen molar-refractivity contribution in [1.29, 1.82) is 0 Å². The van der Waals surface area contributed by atoms with Crippen molar-refractivity contribution in [2.45, 2.75) is 31.3 Å². The average Bonchev–Trinajstić information content (AvgIpc) is 2.84. The summed E-state index contributed by atoms with van der Waals surface area (Å²) >= 11 is 1.53. The van der Waals surface area contributed by atoms with Gasteiger partial charge >= 0.3 is 11.9 Å². The molecule has 0 aliphatic carbocycles. The molecule has 19 heavy (non-hydrogen) atoms. The van der Waals surface area contributed by atoms with E-state index in [1.807, 2.05) is 6.92 Å². The highest BCUT2D eigenvalue weighted by Gasteiger charge is 2.17. The van der Waals surface area contributed by atoms with Gasteiger partial charge in [0.15, 0.2) is 0 Å². The Hall–Kier alpha value is -1.43. The maximum absolute atomic E-state index is 11.6. The average molecular weight is 286 g/mol. The second-order valence-electron chi connectivity index (χ2n) is 3.88. The summed E-state index contributed by atoms with van der Waals surface area (Å²) in [4.78, 5) is 22.7. The van der Waals surface area contributed by atoms with Crippen LogP contribution in [0.5, 0.6) is 0 Å². The van der Waals surface area contributed by atoms with Crippen LogP contribution >= 0.6 is 11.8 Å². The van der Waals surface area contributed by atoms with Gasteiger partial charge in [-0.25, -0.2) is 4.79 Å². The van der Waals surface area contributed by atoms with Gasteiger partial charge in [-0.1, -0.05) is 6.92 Å². The normalized spacial score (nSPS) is 11.9. The Kier molecular flexibility index (Phi) is 6.49. The van der Waals surface area contributed by atoms with Gasteiger partial charge in [-0.15, -0.1) is 0 Å². The van der Waals surface area contributed by atoms with Crippen molar-refractivity contribution in [2.75, 3.05) is 13.7 Å². The van der Waals surface area contributed by atoms with Crippen LogP contribution in [0.2, 0.25) is 0 Å². The third kappa shape index (κ3) is 4.98. The van der Waals surface area contributed by atoms with Crippen molar-refractivity contribution in [2.24, 2.45) is 0 Å². The lowest BCUT2D eigenvalue weighted by atomic mass is 10.3. The Morgan fingerprint density at radius 3 is 2.84 bits per heavy atom. The Labute approximate surface area is 116 Å². The van der Waals surface area contributed by atoms with E-state index < -0.39 is 0 Å². The zero-order chi connectivity index (χ0) is 14.3. The smallest absolute Gasteiger partial charge is 0.341 e. The van der Waals surface area contributed by atoms with E-state index in [0.29, 0.717) is 30.1 Å². The summed E-state index contributed by atoms with van der Waals surface area (Å²) in [5.41, 5.74) is 0.444. The van der Waals surface area contributed by atoms with E-state index in [1.165, 1.54) is 25.1 Å². The lowest BCUT2D eigenvalue weighted by molar-refractivity contribution is -0.140. The van der Waals surface area contributed by atoms with Crippen LogP contribution in [-0.2, 0) is 20.0 Å². The van der Waals surface area contributed by atoms with Crippen molar-refractivity contribution in [3.05, 3.63) is 23.7 Å². The Morgan fingerprint density at radius 1 is 1.47 bits per heavy atom. The molecule has 1 aromatic rings. The van der Waals surface area contributed by atoms with Crippen LogP contribution in [0.4, 0.5) is 0 Å². The third-order valence-corrected chi connectivity index (χ3v) is 3.59. The van der Waals surface area contributed by atoms with Crippen molar-refractivity contribution in [3.63, 3.8) is 0 Å². The largest absolute Gasteiger partial charge is 0.469 e. The number of methoxy groups -OCH3 is 1. The molecule has 1 atom stereocenters. The topological polar surface area (TPSA) is 65.7 Å². The summed E-state index contributed by atoms with van der Waals surface area (Å²) in [5.74, 6) is 0.456. The minimum atomic E-state index is -0.382. The highest BCUT2D eigenvalue weighted by atomic mass is 32.2. The molecular weight excluding hydrogens is 268 g/mol. The molecule has 0 aliphatic rings. The lowest BCUT2D eigenvalue weighted by Crippen LogP contribution is -2.09. The van der Waals surface area contributed by atoms with Gasteiger partial charge in [0.25, 0.3) is 0 Å². The van der Waals surface area contributed by atoms with Gasteiger partial charge in [0.1, 0.15) is 11.3 Å². The van der Waals surface area contributed by atoms with Crippen LogP contribution in [0, 0.1) is 0 Å². The molecule has 1 unspecified atom stereocenters. The second-order valence-corrected chi connectivity index (χ2v) is 5.31. The van der Waals surface area contributed by atoms with Crippen LogP contribution in [0.25, 0.3) is 0 Å². The molecule has 0 radical (unpaired) electrons. The fourth-order valence-corrected chi connectivity index (χ4v) is 2.35. The molecule has 0 N–H and O–H groups in total. The van der Waals surface area contributed by atoms with Crippen molar-refractivity contribution < 1.29 is 23.5 Å². The Morgan fingerprint density at radius 2 is 2.21 bits per heavy atom. The first-order valence-corrected chi connectivity index (χ1v) is 7.05. The van der Waals surface area contributed by atoms with Crippen LogP contribution in [0.15, 0.2) is 16.7 Å². The first-order valence-electron chi connectivity index (χ1n) is 6.00. The molecule has 1 rings (SSSR count). The third-order valence-electron chi connectivity index (χ3n) is 2.42.